The Bertz CT molecular complexity index is 1190. The number of carbonyl (C=O) groups excluding carboxylic acids is 1. The summed E-state index contributed by atoms with van der Waals surface area (Å²) < 4.78 is 19.5. The number of carbonyl (C=O) groups is 1. The molecule has 1 amide bonds. The molecule has 202 valence electrons. The van der Waals surface area contributed by atoms with Gasteiger partial charge in [-0.05, 0) is 51.0 Å². The zero-order valence-corrected chi connectivity index (χ0v) is 22.2. The summed E-state index contributed by atoms with van der Waals surface area (Å²) in [6, 6.07) is 3.37. The molecule has 11 heteroatoms. The first-order valence-electron chi connectivity index (χ1n) is 12.6. The lowest BCUT2D eigenvalue weighted by molar-refractivity contribution is 0.0957. The summed E-state index contributed by atoms with van der Waals surface area (Å²) in [4.78, 5) is 31.0. The Balaban J connectivity index is 1.58. The Kier molecular flexibility index (Phi) is 10.9. The molecule has 10 nitrogen and oxygen atoms in total. The minimum atomic E-state index is -0.536. The van der Waals surface area contributed by atoms with Crippen LogP contribution < -0.4 is 21.1 Å². The molecule has 0 aliphatic carbocycles. The Morgan fingerprint density at radius 3 is 2.68 bits per heavy atom. The predicted octanol–water partition coefficient (Wildman–Crippen LogP) is 4.50. The standard InChI is InChI=1S/C27H35FN8O2/c1-5-10-29-16-21(7-3)20(6-2)15-19(4)32-22-8-9-24(30-17-22)26(37)34-35-27-31-18-23(28)25(33-27)36-11-13-38-14-12-36/h5-6,8-10,15-18,21,32H,7,11-14H2,1-4H3,(H,34,37)(H,31,33,35)/b10-5-,19-15+,20-6+,29-16?. The normalized spacial score (nSPS) is 15.7. The number of aromatic nitrogens is 3. The number of hydrogen-bond acceptors (Lipinski definition) is 9. The fourth-order valence-corrected chi connectivity index (χ4v) is 3.78. The zero-order chi connectivity index (χ0) is 27.3. The molecule has 3 N–H and O–H groups in total. The summed E-state index contributed by atoms with van der Waals surface area (Å²) >= 11 is 0. The Hall–Kier alpha value is -4.12. The third-order valence-corrected chi connectivity index (χ3v) is 5.75. The molecule has 1 unspecified atom stereocenters. The molecule has 1 aliphatic rings. The predicted molar refractivity (Wildman–Crippen MR) is 149 cm³/mol. The highest BCUT2D eigenvalue weighted by Gasteiger charge is 2.18. The molecular formula is C27H35FN8O2. The minimum Gasteiger partial charge on any atom is -0.378 e. The second-order valence-corrected chi connectivity index (χ2v) is 8.51. The van der Waals surface area contributed by atoms with Crippen LogP contribution in [0.3, 0.4) is 0 Å². The van der Waals surface area contributed by atoms with Crippen molar-refractivity contribution in [3.8, 4) is 0 Å². The van der Waals surface area contributed by atoms with Crippen molar-refractivity contribution in [2.45, 2.75) is 34.1 Å². The molecule has 0 aromatic carbocycles. The van der Waals surface area contributed by atoms with E-state index in [1.54, 1.807) is 29.4 Å². The molecular weight excluding hydrogens is 487 g/mol. The number of pyridine rings is 1. The number of anilines is 3. The van der Waals surface area contributed by atoms with Crippen LogP contribution in [-0.4, -0.2) is 53.4 Å². The van der Waals surface area contributed by atoms with Gasteiger partial charge < -0.3 is 15.0 Å². The van der Waals surface area contributed by atoms with Gasteiger partial charge in [0.1, 0.15) is 5.69 Å². The van der Waals surface area contributed by atoms with Gasteiger partial charge in [0, 0.05) is 37.1 Å². The van der Waals surface area contributed by atoms with Gasteiger partial charge in [0.25, 0.3) is 5.91 Å². The SMILES string of the molecule is C/C=C\N=CC(CC)C(/C=C(\C)Nc1ccc(C(=O)NNc2ncc(F)c(N3CCOCC3)n2)nc1)=C/C. The summed E-state index contributed by atoms with van der Waals surface area (Å²) in [5.74, 6) is -0.576. The number of allylic oxidation sites excluding steroid dienone is 5. The fourth-order valence-electron chi connectivity index (χ4n) is 3.78. The lowest BCUT2D eigenvalue weighted by Crippen LogP contribution is -2.38. The average Bonchev–Trinajstić information content (AvgIpc) is 2.94. The summed E-state index contributed by atoms with van der Waals surface area (Å²) in [6.07, 6.45) is 13.4. The second kappa shape index (κ2) is 14.6. The van der Waals surface area contributed by atoms with Crippen molar-refractivity contribution in [1.82, 2.24) is 20.4 Å². The number of morpholine rings is 1. The van der Waals surface area contributed by atoms with E-state index in [1.807, 2.05) is 33.1 Å². The first-order valence-corrected chi connectivity index (χ1v) is 12.6. The van der Waals surface area contributed by atoms with Crippen molar-refractivity contribution in [1.29, 1.82) is 0 Å². The monoisotopic (exact) mass is 522 g/mol. The molecule has 2 aromatic rings. The van der Waals surface area contributed by atoms with E-state index in [2.05, 4.69) is 55.2 Å². The molecule has 0 spiro atoms. The number of hydrazine groups is 1. The van der Waals surface area contributed by atoms with Crippen molar-refractivity contribution >= 4 is 29.6 Å². The maximum absolute atomic E-state index is 14.2. The summed E-state index contributed by atoms with van der Waals surface area (Å²) in [6.45, 7) is 10.1. The fraction of sp³-hybridized carbons (Fsp3) is 0.370. The van der Waals surface area contributed by atoms with Crippen molar-refractivity contribution in [2.24, 2.45) is 10.9 Å². The van der Waals surface area contributed by atoms with Gasteiger partial charge in [-0.3, -0.25) is 20.6 Å². The topological polar surface area (TPSA) is 117 Å². The zero-order valence-electron chi connectivity index (χ0n) is 22.2. The van der Waals surface area contributed by atoms with Gasteiger partial charge in [-0.25, -0.2) is 14.4 Å². The number of hydrogen-bond donors (Lipinski definition) is 3. The summed E-state index contributed by atoms with van der Waals surface area (Å²) in [7, 11) is 0. The number of nitrogens with one attached hydrogen (secondary N) is 3. The van der Waals surface area contributed by atoms with E-state index < -0.39 is 11.7 Å². The first-order chi connectivity index (χ1) is 18.4. The van der Waals surface area contributed by atoms with Crippen LogP contribution >= 0.6 is 0 Å². The van der Waals surface area contributed by atoms with Crippen LogP contribution in [0.5, 0.6) is 0 Å². The largest absolute Gasteiger partial charge is 0.378 e. The van der Waals surface area contributed by atoms with Gasteiger partial charge in [-0.15, -0.1) is 0 Å². The van der Waals surface area contributed by atoms with E-state index in [0.29, 0.717) is 26.3 Å². The molecule has 38 heavy (non-hydrogen) atoms. The van der Waals surface area contributed by atoms with Crippen LogP contribution in [0.25, 0.3) is 0 Å². The third-order valence-electron chi connectivity index (χ3n) is 5.75. The van der Waals surface area contributed by atoms with Gasteiger partial charge in [0.15, 0.2) is 11.6 Å². The Labute approximate surface area is 222 Å². The molecule has 0 saturated carbocycles. The van der Waals surface area contributed by atoms with E-state index in [4.69, 9.17) is 4.74 Å². The first kappa shape index (κ1) is 28.5. The van der Waals surface area contributed by atoms with E-state index in [1.165, 1.54) is 0 Å². The average molecular weight is 523 g/mol. The molecule has 3 heterocycles. The summed E-state index contributed by atoms with van der Waals surface area (Å²) in [5.41, 5.74) is 8.15. The van der Waals surface area contributed by atoms with Crippen LogP contribution in [0.1, 0.15) is 44.6 Å². The number of halogens is 1. The maximum atomic E-state index is 14.2. The summed E-state index contributed by atoms with van der Waals surface area (Å²) in [5, 5.41) is 3.30. The van der Waals surface area contributed by atoms with Gasteiger partial charge in [0.2, 0.25) is 5.95 Å². The van der Waals surface area contributed by atoms with Crippen molar-refractivity contribution in [3.05, 3.63) is 71.7 Å². The molecule has 3 rings (SSSR count). The van der Waals surface area contributed by atoms with Crippen LogP contribution in [0.2, 0.25) is 0 Å². The Morgan fingerprint density at radius 1 is 1.24 bits per heavy atom. The molecule has 0 bridgehead atoms. The van der Waals surface area contributed by atoms with E-state index in [0.717, 1.165) is 29.6 Å². The van der Waals surface area contributed by atoms with E-state index in [9.17, 15) is 9.18 Å². The molecule has 1 saturated heterocycles. The van der Waals surface area contributed by atoms with Crippen LogP contribution in [0, 0.1) is 11.7 Å². The van der Waals surface area contributed by atoms with Crippen LogP contribution in [-0.2, 0) is 4.74 Å². The molecule has 1 atom stereocenters. The van der Waals surface area contributed by atoms with E-state index in [-0.39, 0.29) is 23.4 Å². The highest BCUT2D eigenvalue weighted by molar-refractivity contribution is 5.93. The molecule has 0 radical (unpaired) electrons. The number of aliphatic imine (C=N–C) groups is 1. The van der Waals surface area contributed by atoms with Gasteiger partial charge in [-0.2, -0.15) is 4.98 Å². The van der Waals surface area contributed by atoms with Gasteiger partial charge in [0.05, 0.1) is 31.3 Å². The maximum Gasteiger partial charge on any atom is 0.288 e. The lowest BCUT2D eigenvalue weighted by Gasteiger charge is -2.28. The smallest absolute Gasteiger partial charge is 0.288 e. The number of nitrogens with zero attached hydrogens (tertiary/aromatic N) is 5. The molecule has 1 aliphatic heterocycles. The number of amides is 1. The van der Waals surface area contributed by atoms with E-state index >= 15 is 0 Å². The quantitative estimate of drug-likeness (QED) is 0.224. The van der Waals surface area contributed by atoms with Crippen molar-refractivity contribution in [2.75, 3.05) is 41.9 Å². The lowest BCUT2D eigenvalue weighted by atomic mass is 9.96. The number of ether oxygens (including phenoxy) is 1. The highest BCUT2D eigenvalue weighted by atomic mass is 19.1. The molecule has 1 fully saturated rings. The third kappa shape index (κ3) is 8.20. The van der Waals surface area contributed by atoms with Crippen LogP contribution in [0.4, 0.5) is 21.8 Å². The second-order valence-electron chi connectivity index (χ2n) is 8.51. The highest BCUT2D eigenvalue weighted by Crippen LogP contribution is 2.19. The minimum absolute atomic E-state index is 0.0706. The Morgan fingerprint density at radius 2 is 2.03 bits per heavy atom. The van der Waals surface area contributed by atoms with Gasteiger partial charge in [-0.1, -0.05) is 19.1 Å². The number of rotatable bonds is 11. The van der Waals surface area contributed by atoms with Crippen molar-refractivity contribution in [3.63, 3.8) is 0 Å². The van der Waals surface area contributed by atoms with Gasteiger partial charge >= 0.3 is 0 Å². The molecule has 2 aromatic heterocycles. The van der Waals surface area contributed by atoms with Crippen molar-refractivity contribution < 1.29 is 13.9 Å². The van der Waals surface area contributed by atoms with Crippen LogP contribution in [0.15, 0.2) is 65.2 Å².